The molecular formula is C8H7NO2. The van der Waals surface area contributed by atoms with Crippen molar-refractivity contribution >= 4 is 11.0 Å². The highest BCUT2D eigenvalue weighted by molar-refractivity contribution is 5.79. The van der Waals surface area contributed by atoms with E-state index in [0.29, 0.717) is 0 Å². The zero-order valence-electron chi connectivity index (χ0n) is 5.82. The third kappa shape index (κ3) is 0.897. The number of furan rings is 1. The predicted molar refractivity (Wildman–Crippen MR) is 39.9 cm³/mol. The number of hydrogen-bond acceptors (Lipinski definition) is 3. The maximum atomic E-state index is 8.84. The molecule has 0 fully saturated rings. The summed E-state index contributed by atoms with van der Waals surface area (Å²) in [7, 11) is 0. The second kappa shape index (κ2) is 2.36. The molecule has 1 N–H and O–H groups in total. The molecule has 0 spiro atoms. The van der Waals surface area contributed by atoms with Crippen LogP contribution in [0.4, 0.5) is 0 Å². The Bertz CT molecular complexity index is 367. The molecule has 56 valence electrons. The Morgan fingerprint density at radius 1 is 1.55 bits per heavy atom. The Balaban J connectivity index is 2.76. The second-order valence-corrected chi connectivity index (χ2v) is 2.29. The first kappa shape index (κ1) is 6.37. The number of aliphatic hydroxyl groups is 1. The Morgan fingerprint density at radius 2 is 2.45 bits per heavy atom. The van der Waals surface area contributed by atoms with Crippen LogP contribution >= 0.6 is 0 Å². The van der Waals surface area contributed by atoms with Crippen LogP contribution in [0.1, 0.15) is 5.56 Å². The van der Waals surface area contributed by atoms with Gasteiger partial charge in [0.05, 0.1) is 12.9 Å². The molecular weight excluding hydrogens is 142 g/mol. The lowest BCUT2D eigenvalue weighted by molar-refractivity contribution is 0.281. The summed E-state index contributed by atoms with van der Waals surface area (Å²) >= 11 is 0. The van der Waals surface area contributed by atoms with Crippen molar-refractivity contribution in [3.63, 3.8) is 0 Å². The van der Waals surface area contributed by atoms with Gasteiger partial charge in [-0.05, 0) is 6.07 Å². The van der Waals surface area contributed by atoms with E-state index in [9.17, 15) is 0 Å². The van der Waals surface area contributed by atoms with Crippen LogP contribution in [0.3, 0.4) is 0 Å². The Morgan fingerprint density at radius 3 is 3.27 bits per heavy atom. The van der Waals surface area contributed by atoms with Crippen molar-refractivity contribution in [2.75, 3.05) is 0 Å². The highest BCUT2D eigenvalue weighted by atomic mass is 16.3. The fourth-order valence-corrected chi connectivity index (χ4v) is 1.05. The van der Waals surface area contributed by atoms with Gasteiger partial charge in [0.1, 0.15) is 5.58 Å². The third-order valence-corrected chi connectivity index (χ3v) is 1.63. The average Bonchev–Trinajstić information content (AvgIpc) is 2.47. The van der Waals surface area contributed by atoms with Crippen LogP contribution < -0.4 is 0 Å². The topological polar surface area (TPSA) is 46.3 Å². The zero-order chi connectivity index (χ0) is 7.68. The van der Waals surface area contributed by atoms with Crippen LogP contribution in [0, 0.1) is 0 Å². The molecule has 0 unspecified atom stereocenters. The molecule has 0 atom stereocenters. The van der Waals surface area contributed by atoms with Crippen molar-refractivity contribution in [1.29, 1.82) is 0 Å². The van der Waals surface area contributed by atoms with Crippen LogP contribution in [0.2, 0.25) is 0 Å². The van der Waals surface area contributed by atoms with Crippen LogP contribution in [0.25, 0.3) is 11.0 Å². The van der Waals surface area contributed by atoms with Crippen molar-refractivity contribution in [1.82, 2.24) is 4.98 Å². The van der Waals surface area contributed by atoms with E-state index in [4.69, 9.17) is 9.52 Å². The molecule has 2 heterocycles. The van der Waals surface area contributed by atoms with Crippen molar-refractivity contribution in [3.05, 3.63) is 30.3 Å². The monoisotopic (exact) mass is 149 g/mol. The average molecular weight is 149 g/mol. The summed E-state index contributed by atoms with van der Waals surface area (Å²) in [6.07, 6.45) is 4.89. The highest BCUT2D eigenvalue weighted by Crippen LogP contribution is 2.18. The summed E-state index contributed by atoms with van der Waals surface area (Å²) in [5, 5.41) is 9.72. The normalized spacial score (nSPS) is 10.6. The molecule has 2 aromatic rings. The Labute approximate surface area is 63.3 Å². The van der Waals surface area contributed by atoms with E-state index in [1.54, 1.807) is 24.7 Å². The molecule has 11 heavy (non-hydrogen) atoms. The van der Waals surface area contributed by atoms with E-state index < -0.39 is 0 Å². The van der Waals surface area contributed by atoms with Gasteiger partial charge in [0.15, 0.2) is 0 Å². The Hall–Kier alpha value is -1.35. The quantitative estimate of drug-likeness (QED) is 0.665. The molecule has 0 saturated carbocycles. The molecule has 0 aromatic carbocycles. The largest absolute Gasteiger partial charge is 0.464 e. The van der Waals surface area contributed by atoms with Crippen LogP contribution in [-0.2, 0) is 6.61 Å². The maximum Gasteiger partial charge on any atom is 0.137 e. The molecule has 3 heteroatoms. The smallest absolute Gasteiger partial charge is 0.137 e. The first-order chi connectivity index (χ1) is 5.42. The van der Waals surface area contributed by atoms with Crippen LogP contribution in [-0.4, -0.2) is 10.1 Å². The lowest BCUT2D eigenvalue weighted by Crippen LogP contribution is -1.78. The summed E-state index contributed by atoms with van der Waals surface area (Å²) in [5.74, 6) is 0. The summed E-state index contributed by atoms with van der Waals surface area (Å²) in [5.41, 5.74) is 1.55. The van der Waals surface area contributed by atoms with Gasteiger partial charge in [0.2, 0.25) is 0 Å². The van der Waals surface area contributed by atoms with E-state index in [1.807, 2.05) is 0 Å². The molecule has 2 aromatic heterocycles. The van der Waals surface area contributed by atoms with E-state index >= 15 is 0 Å². The molecule has 0 aliphatic heterocycles. The molecule has 2 rings (SSSR count). The zero-order valence-corrected chi connectivity index (χ0v) is 5.82. The van der Waals surface area contributed by atoms with Gasteiger partial charge in [0, 0.05) is 23.3 Å². The summed E-state index contributed by atoms with van der Waals surface area (Å²) < 4.78 is 5.14. The molecule has 0 amide bonds. The predicted octanol–water partition coefficient (Wildman–Crippen LogP) is 1.32. The van der Waals surface area contributed by atoms with Crippen LogP contribution in [0.15, 0.2) is 29.1 Å². The summed E-state index contributed by atoms with van der Waals surface area (Å²) in [6, 6.07) is 1.77. The fraction of sp³-hybridized carbons (Fsp3) is 0.125. The van der Waals surface area contributed by atoms with E-state index in [-0.39, 0.29) is 6.61 Å². The van der Waals surface area contributed by atoms with Crippen molar-refractivity contribution < 1.29 is 9.52 Å². The van der Waals surface area contributed by atoms with E-state index in [0.717, 1.165) is 16.5 Å². The van der Waals surface area contributed by atoms with E-state index in [1.165, 1.54) is 0 Å². The minimum absolute atomic E-state index is 0.00130. The molecule has 0 aliphatic carbocycles. The van der Waals surface area contributed by atoms with Gasteiger partial charge in [-0.1, -0.05) is 0 Å². The number of pyridine rings is 1. The summed E-state index contributed by atoms with van der Waals surface area (Å²) in [4.78, 5) is 3.92. The van der Waals surface area contributed by atoms with Gasteiger partial charge < -0.3 is 9.52 Å². The first-order valence-corrected chi connectivity index (χ1v) is 3.33. The SMILES string of the molecule is OCc1coc2ccncc12. The number of nitrogens with zero attached hydrogens (tertiary/aromatic N) is 1. The Kier molecular flexibility index (Phi) is 1.36. The number of aliphatic hydroxyl groups excluding tert-OH is 1. The molecule has 3 nitrogen and oxygen atoms in total. The van der Waals surface area contributed by atoms with Gasteiger partial charge in [-0.15, -0.1) is 0 Å². The fourth-order valence-electron chi connectivity index (χ4n) is 1.05. The highest BCUT2D eigenvalue weighted by Gasteiger charge is 2.02. The lowest BCUT2D eigenvalue weighted by atomic mass is 10.2. The van der Waals surface area contributed by atoms with Gasteiger partial charge in [-0.3, -0.25) is 4.98 Å². The van der Waals surface area contributed by atoms with Gasteiger partial charge in [0.25, 0.3) is 0 Å². The number of rotatable bonds is 1. The number of hydrogen-bond donors (Lipinski definition) is 1. The van der Waals surface area contributed by atoms with Crippen LogP contribution in [0.5, 0.6) is 0 Å². The van der Waals surface area contributed by atoms with Crippen molar-refractivity contribution in [3.8, 4) is 0 Å². The standard InChI is InChI=1S/C8H7NO2/c10-4-6-5-11-8-1-2-9-3-7(6)8/h1-3,5,10H,4H2. The van der Waals surface area contributed by atoms with Crippen molar-refractivity contribution in [2.45, 2.75) is 6.61 Å². The third-order valence-electron chi connectivity index (χ3n) is 1.63. The molecule has 0 aliphatic rings. The molecule has 0 bridgehead atoms. The second-order valence-electron chi connectivity index (χ2n) is 2.29. The summed E-state index contributed by atoms with van der Waals surface area (Å²) in [6.45, 7) is -0.00130. The van der Waals surface area contributed by atoms with E-state index in [2.05, 4.69) is 4.98 Å². The van der Waals surface area contributed by atoms with Gasteiger partial charge in [-0.2, -0.15) is 0 Å². The van der Waals surface area contributed by atoms with Gasteiger partial charge >= 0.3 is 0 Å². The minimum Gasteiger partial charge on any atom is -0.464 e. The first-order valence-electron chi connectivity index (χ1n) is 3.33. The van der Waals surface area contributed by atoms with Crippen molar-refractivity contribution in [2.24, 2.45) is 0 Å². The van der Waals surface area contributed by atoms with Gasteiger partial charge in [-0.25, -0.2) is 0 Å². The molecule has 0 saturated heterocycles. The number of aromatic nitrogens is 1. The maximum absolute atomic E-state index is 8.84. The number of fused-ring (bicyclic) bond motifs is 1. The minimum atomic E-state index is -0.00130. The molecule has 0 radical (unpaired) electrons. The lowest BCUT2D eigenvalue weighted by Gasteiger charge is -1.87.